The van der Waals surface area contributed by atoms with Crippen molar-refractivity contribution in [3.05, 3.63) is 0 Å². The molecule has 0 aliphatic heterocycles. The fourth-order valence-corrected chi connectivity index (χ4v) is 3.48. The van der Waals surface area contributed by atoms with Gasteiger partial charge in [0.25, 0.3) is 0 Å². The molecule has 1 heteroatoms. The first-order valence-corrected chi connectivity index (χ1v) is 6.85. The summed E-state index contributed by atoms with van der Waals surface area (Å²) in [4.78, 5) is 12.0. The minimum atomic E-state index is 0.415. The molecule has 0 N–H and O–H groups in total. The Morgan fingerprint density at radius 3 is 2.27 bits per heavy atom. The lowest BCUT2D eigenvalue weighted by molar-refractivity contribution is -0.124. The molecule has 2 saturated carbocycles. The molecule has 0 aromatic rings. The SMILES string of the molecule is CCC1CCC(CC2CCCCC2)C1=O. The largest absolute Gasteiger partial charge is 0.299 e. The summed E-state index contributed by atoms with van der Waals surface area (Å²) in [6, 6.07) is 0. The summed E-state index contributed by atoms with van der Waals surface area (Å²) < 4.78 is 0. The number of Topliss-reactive ketones (excluding diaryl/α,β-unsaturated/α-hetero) is 1. The molecule has 2 rings (SSSR count). The standard InChI is InChI=1S/C14H24O/c1-2-12-8-9-13(14(12)15)10-11-6-4-3-5-7-11/h11-13H,2-10H2,1H3. The Hall–Kier alpha value is -0.330. The molecule has 0 radical (unpaired) electrons. The Morgan fingerprint density at radius 1 is 1.00 bits per heavy atom. The maximum Gasteiger partial charge on any atom is 0.139 e. The molecule has 2 unspecified atom stereocenters. The van der Waals surface area contributed by atoms with Crippen LogP contribution in [0.2, 0.25) is 0 Å². The van der Waals surface area contributed by atoms with Crippen LogP contribution in [0.1, 0.15) is 64.7 Å². The molecule has 86 valence electrons. The molecule has 0 bridgehead atoms. The number of ketones is 1. The summed E-state index contributed by atoms with van der Waals surface area (Å²) in [5, 5.41) is 0. The van der Waals surface area contributed by atoms with Crippen molar-refractivity contribution in [2.45, 2.75) is 64.7 Å². The molecular weight excluding hydrogens is 184 g/mol. The summed E-state index contributed by atoms with van der Waals surface area (Å²) in [6.45, 7) is 2.16. The number of hydrogen-bond acceptors (Lipinski definition) is 1. The van der Waals surface area contributed by atoms with Gasteiger partial charge in [0.1, 0.15) is 5.78 Å². The van der Waals surface area contributed by atoms with Crippen molar-refractivity contribution in [3.63, 3.8) is 0 Å². The van der Waals surface area contributed by atoms with E-state index in [0.717, 1.165) is 12.3 Å². The van der Waals surface area contributed by atoms with Crippen LogP contribution < -0.4 is 0 Å². The topological polar surface area (TPSA) is 17.1 Å². The van der Waals surface area contributed by atoms with E-state index in [0.29, 0.717) is 17.6 Å². The van der Waals surface area contributed by atoms with Gasteiger partial charge < -0.3 is 0 Å². The van der Waals surface area contributed by atoms with Crippen molar-refractivity contribution in [3.8, 4) is 0 Å². The first-order chi connectivity index (χ1) is 7.31. The molecule has 2 fully saturated rings. The predicted octanol–water partition coefficient (Wildman–Crippen LogP) is 3.96. The molecule has 0 amide bonds. The zero-order valence-corrected chi connectivity index (χ0v) is 10.0. The Kier molecular flexibility index (Phi) is 3.82. The first kappa shape index (κ1) is 11.2. The van der Waals surface area contributed by atoms with Crippen LogP contribution >= 0.6 is 0 Å². The van der Waals surface area contributed by atoms with E-state index < -0.39 is 0 Å². The molecular formula is C14H24O. The zero-order chi connectivity index (χ0) is 10.7. The van der Waals surface area contributed by atoms with Crippen LogP contribution in [0.15, 0.2) is 0 Å². The van der Waals surface area contributed by atoms with E-state index >= 15 is 0 Å². The summed E-state index contributed by atoms with van der Waals surface area (Å²) >= 11 is 0. The maximum absolute atomic E-state index is 12.0. The van der Waals surface area contributed by atoms with Crippen molar-refractivity contribution in [1.82, 2.24) is 0 Å². The normalized spacial score (nSPS) is 33.5. The predicted molar refractivity (Wildman–Crippen MR) is 62.7 cm³/mol. The zero-order valence-electron chi connectivity index (χ0n) is 10.0. The third kappa shape index (κ3) is 2.62. The van der Waals surface area contributed by atoms with E-state index in [1.165, 1.54) is 51.4 Å². The Labute approximate surface area is 93.6 Å². The van der Waals surface area contributed by atoms with Gasteiger partial charge in [0.15, 0.2) is 0 Å². The van der Waals surface area contributed by atoms with Gasteiger partial charge in [0.2, 0.25) is 0 Å². The van der Waals surface area contributed by atoms with Gasteiger partial charge in [-0.1, -0.05) is 39.0 Å². The highest BCUT2D eigenvalue weighted by molar-refractivity contribution is 5.85. The van der Waals surface area contributed by atoms with Crippen LogP contribution in [0.4, 0.5) is 0 Å². The van der Waals surface area contributed by atoms with Crippen LogP contribution in [0.25, 0.3) is 0 Å². The summed E-state index contributed by atoms with van der Waals surface area (Å²) in [5.74, 6) is 2.34. The lowest BCUT2D eigenvalue weighted by Crippen LogP contribution is -2.18. The summed E-state index contributed by atoms with van der Waals surface area (Å²) in [7, 11) is 0. The summed E-state index contributed by atoms with van der Waals surface area (Å²) in [6.07, 6.45) is 11.7. The number of rotatable bonds is 3. The third-order valence-corrected chi connectivity index (χ3v) is 4.50. The molecule has 0 aromatic heterocycles. The van der Waals surface area contributed by atoms with Crippen molar-refractivity contribution in [2.24, 2.45) is 17.8 Å². The second-order valence-corrected chi connectivity index (χ2v) is 5.52. The highest BCUT2D eigenvalue weighted by atomic mass is 16.1. The smallest absolute Gasteiger partial charge is 0.139 e. The van der Waals surface area contributed by atoms with Crippen molar-refractivity contribution in [1.29, 1.82) is 0 Å². The van der Waals surface area contributed by atoms with Crippen LogP contribution in [0.3, 0.4) is 0 Å². The molecule has 0 aromatic carbocycles. The molecule has 15 heavy (non-hydrogen) atoms. The maximum atomic E-state index is 12.0. The molecule has 2 aliphatic rings. The lowest BCUT2D eigenvalue weighted by Gasteiger charge is -2.23. The monoisotopic (exact) mass is 208 g/mol. The highest BCUT2D eigenvalue weighted by Crippen LogP contribution is 2.37. The molecule has 0 heterocycles. The minimum absolute atomic E-state index is 0.415. The Morgan fingerprint density at radius 2 is 1.67 bits per heavy atom. The van der Waals surface area contributed by atoms with Crippen LogP contribution in [0, 0.1) is 17.8 Å². The van der Waals surface area contributed by atoms with Gasteiger partial charge in [-0.15, -0.1) is 0 Å². The Balaban J connectivity index is 1.82. The molecule has 2 aliphatic carbocycles. The van der Waals surface area contributed by atoms with Crippen LogP contribution in [-0.2, 0) is 4.79 Å². The van der Waals surface area contributed by atoms with E-state index in [9.17, 15) is 4.79 Å². The van der Waals surface area contributed by atoms with Crippen molar-refractivity contribution in [2.75, 3.05) is 0 Å². The first-order valence-electron chi connectivity index (χ1n) is 6.85. The van der Waals surface area contributed by atoms with Crippen molar-refractivity contribution >= 4 is 5.78 Å². The van der Waals surface area contributed by atoms with Gasteiger partial charge in [-0.25, -0.2) is 0 Å². The van der Waals surface area contributed by atoms with Crippen molar-refractivity contribution < 1.29 is 4.79 Å². The Bertz CT molecular complexity index is 215. The molecule has 1 nitrogen and oxygen atoms in total. The van der Waals surface area contributed by atoms with Gasteiger partial charge in [-0.3, -0.25) is 4.79 Å². The van der Waals surface area contributed by atoms with Crippen LogP contribution in [0.5, 0.6) is 0 Å². The summed E-state index contributed by atoms with van der Waals surface area (Å²) in [5.41, 5.74) is 0. The van der Waals surface area contributed by atoms with Gasteiger partial charge in [0, 0.05) is 11.8 Å². The second-order valence-electron chi connectivity index (χ2n) is 5.52. The molecule has 0 spiro atoms. The van der Waals surface area contributed by atoms with E-state index in [4.69, 9.17) is 0 Å². The van der Waals surface area contributed by atoms with Crippen LogP contribution in [-0.4, -0.2) is 5.78 Å². The van der Waals surface area contributed by atoms with E-state index in [2.05, 4.69) is 6.92 Å². The third-order valence-electron chi connectivity index (χ3n) is 4.50. The quantitative estimate of drug-likeness (QED) is 0.686. The van der Waals surface area contributed by atoms with Gasteiger partial charge >= 0.3 is 0 Å². The lowest BCUT2D eigenvalue weighted by atomic mass is 9.81. The minimum Gasteiger partial charge on any atom is -0.299 e. The fraction of sp³-hybridized carbons (Fsp3) is 0.929. The average molecular weight is 208 g/mol. The van der Waals surface area contributed by atoms with E-state index in [1.54, 1.807) is 0 Å². The molecule has 0 saturated heterocycles. The van der Waals surface area contributed by atoms with Gasteiger partial charge in [0.05, 0.1) is 0 Å². The average Bonchev–Trinajstić information content (AvgIpc) is 2.62. The number of carbonyl (C=O) groups excluding carboxylic acids is 1. The van der Waals surface area contributed by atoms with Gasteiger partial charge in [-0.2, -0.15) is 0 Å². The number of hydrogen-bond donors (Lipinski definition) is 0. The van der Waals surface area contributed by atoms with E-state index in [-0.39, 0.29) is 0 Å². The fourth-order valence-electron chi connectivity index (χ4n) is 3.48. The van der Waals surface area contributed by atoms with Gasteiger partial charge in [-0.05, 0) is 31.6 Å². The number of carbonyl (C=O) groups is 1. The van der Waals surface area contributed by atoms with E-state index in [1.807, 2.05) is 0 Å². The second kappa shape index (κ2) is 5.14. The highest BCUT2D eigenvalue weighted by Gasteiger charge is 2.34. The molecule has 2 atom stereocenters.